The highest BCUT2D eigenvalue weighted by molar-refractivity contribution is 6.14. The third kappa shape index (κ3) is 6.11. The van der Waals surface area contributed by atoms with Crippen molar-refractivity contribution < 1.29 is 19.4 Å². The zero-order valence-corrected chi connectivity index (χ0v) is 19.5. The van der Waals surface area contributed by atoms with Crippen LogP contribution in [0.2, 0.25) is 0 Å². The second kappa shape index (κ2) is 11.5. The highest BCUT2D eigenvalue weighted by Gasteiger charge is 2.42. The van der Waals surface area contributed by atoms with Crippen LogP contribution in [0.25, 0.3) is 6.08 Å². The fourth-order valence-corrected chi connectivity index (χ4v) is 3.83. The molecule has 0 saturated heterocycles. The lowest BCUT2D eigenvalue weighted by atomic mass is 9.95. The lowest BCUT2D eigenvalue weighted by Crippen LogP contribution is -2.33. The maximum absolute atomic E-state index is 13.2. The first-order chi connectivity index (χ1) is 15.9. The van der Waals surface area contributed by atoms with Gasteiger partial charge in [-0.15, -0.1) is 0 Å². The molecule has 0 bridgehead atoms. The molecule has 0 spiro atoms. The van der Waals surface area contributed by atoms with Gasteiger partial charge in [0.25, 0.3) is 5.91 Å². The van der Waals surface area contributed by atoms with Gasteiger partial charge in [-0.2, -0.15) is 0 Å². The van der Waals surface area contributed by atoms with Crippen molar-refractivity contribution in [3.8, 4) is 5.75 Å². The van der Waals surface area contributed by atoms with Crippen LogP contribution in [-0.2, 0) is 9.59 Å². The second-order valence-electron chi connectivity index (χ2n) is 8.35. The number of carbonyl (C=O) groups is 2. The van der Waals surface area contributed by atoms with Gasteiger partial charge in [-0.05, 0) is 62.8 Å². The molecule has 0 saturated carbocycles. The minimum Gasteiger partial charge on any atom is -0.503 e. The van der Waals surface area contributed by atoms with E-state index in [1.165, 1.54) is 6.08 Å². The minimum absolute atomic E-state index is 0.110. The van der Waals surface area contributed by atoms with E-state index in [9.17, 15) is 14.7 Å². The molecule has 174 valence electrons. The van der Waals surface area contributed by atoms with Crippen LogP contribution in [-0.4, -0.2) is 60.4 Å². The Morgan fingerprint density at radius 2 is 1.82 bits per heavy atom. The maximum Gasteiger partial charge on any atom is 0.290 e. The number of aliphatic hydroxyl groups excluding tert-OH is 1. The number of aliphatic hydroxyl groups is 1. The van der Waals surface area contributed by atoms with Gasteiger partial charge in [-0.3, -0.25) is 9.59 Å². The first-order valence-corrected chi connectivity index (χ1v) is 11.3. The smallest absolute Gasteiger partial charge is 0.290 e. The summed E-state index contributed by atoms with van der Waals surface area (Å²) >= 11 is 0. The summed E-state index contributed by atoms with van der Waals surface area (Å²) in [4.78, 5) is 29.8. The van der Waals surface area contributed by atoms with Crippen molar-refractivity contribution >= 4 is 17.8 Å². The van der Waals surface area contributed by atoms with Gasteiger partial charge in [-0.1, -0.05) is 55.5 Å². The molecule has 6 nitrogen and oxygen atoms in total. The molecule has 0 radical (unpaired) electrons. The van der Waals surface area contributed by atoms with Crippen molar-refractivity contribution in [2.75, 3.05) is 33.8 Å². The lowest BCUT2D eigenvalue weighted by Gasteiger charge is -2.27. The maximum atomic E-state index is 13.2. The molecular formula is C27H32N2O4. The third-order valence-corrected chi connectivity index (χ3v) is 5.47. The van der Waals surface area contributed by atoms with Crippen LogP contribution in [0.1, 0.15) is 36.9 Å². The van der Waals surface area contributed by atoms with E-state index < -0.39 is 17.7 Å². The lowest BCUT2D eigenvalue weighted by molar-refractivity contribution is -0.129. The molecule has 6 heteroatoms. The molecule has 1 unspecified atom stereocenters. The van der Waals surface area contributed by atoms with Crippen LogP contribution < -0.4 is 4.74 Å². The van der Waals surface area contributed by atoms with Gasteiger partial charge in [0, 0.05) is 6.54 Å². The number of ketones is 1. The summed E-state index contributed by atoms with van der Waals surface area (Å²) in [5, 5.41) is 10.7. The average molecular weight is 449 g/mol. The van der Waals surface area contributed by atoms with E-state index in [1.807, 2.05) is 80.5 Å². The number of carbonyl (C=O) groups excluding carboxylic acids is 2. The van der Waals surface area contributed by atoms with E-state index in [0.717, 1.165) is 36.3 Å². The highest BCUT2D eigenvalue weighted by atomic mass is 16.5. The van der Waals surface area contributed by atoms with Crippen LogP contribution in [0, 0.1) is 0 Å². The van der Waals surface area contributed by atoms with Gasteiger partial charge in [-0.25, -0.2) is 0 Å². The molecular weight excluding hydrogens is 416 g/mol. The summed E-state index contributed by atoms with van der Waals surface area (Å²) in [5.41, 5.74) is 1.74. The van der Waals surface area contributed by atoms with Crippen LogP contribution in [0.3, 0.4) is 0 Å². The predicted octanol–water partition coefficient (Wildman–Crippen LogP) is 4.41. The van der Waals surface area contributed by atoms with Gasteiger partial charge >= 0.3 is 0 Å². The zero-order chi connectivity index (χ0) is 23.8. The molecule has 1 amide bonds. The molecule has 0 aromatic heterocycles. The predicted molar refractivity (Wildman–Crippen MR) is 130 cm³/mol. The molecule has 1 N–H and O–H groups in total. The number of rotatable bonds is 11. The molecule has 1 atom stereocenters. The van der Waals surface area contributed by atoms with Gasteiger partial charge in [0.15, 0.2) is 11.5 Å². The molecule has 2 aromatic rings. The molecule has 0 aliphatic carbocycles. The first-order valence-electron chi connectivity index (χ1n) is 11.3. The zero-order valence-electron chi connectivity index (χ0n) is 19.5. The standard InChI is InChI=1S/C27H32N2O4/c1-4-19-33-22-14-12-21(13-15-22)25-24(23(30)16-11-20-9-6-5-7-10-20)26(31)27(32)29(25)18-8-17-28(2)3/h5-7,9-16,25,31H,4,8,17-19H2,1-3H3. The Morgan fingerprint density at radius 1 is 1.12 bits per heavy atom. The molecule has 1 aliphatic rings. The van der Waals surface area contributed by atoms with E-state index in [4.69, 9.17) is 4.74 Å². The van der Waals surface area contributed by atoms with Crippen molar-refractivity contribution in [2.45, 2.75) is 25.8 Å². The van der Waals surface area contributed by atoms with E-state index >= 15 is 0 Å². The van der Waals surface area contributed by atoms with Crippen LogP contribution >= 0.6 is 0 Å². The molecule has 1 aliphatic heterocycles. The number of allylic oxidation sites excluding steroid dienone is 1. The van der Waals surface area contributed by atoms with Crippen molar-refractivity contribution in [3.63, 3.8) is 0 Å². The van der Waals surface area contributed by atoms with Gasteiger partial charge in [0.05, 0.1) is 18.2 Å². The summed E-state index contributed by atoms with van der Waals surface area (Å²) in [6.07, 6.45) is 4.74. The molecule has 2 aromatic carbocycles. The van der Waals surface area contributed by atoms with E-state index in [0.29, 0.717) is 13.2 Å². The number of ether oxygens (including phenoxy) is 1. The monoisotopic (exact) mass is 448 g/mol. The Hall–Kier alpha value is -3.38. The van der Waals surface area contributed by atoms with E-state index in [2.05, 4.69) is 0 Å². The quantitative estimate of drug-likeness (QED) is 0.516. The molecule has 0 fully saturated rings. The third-order valence-electron chi connectivity index (χ3n) is 5.47. The number of nitrogens with zero attached hydrogens (tertiary/aromatic N) is 2. The fraction of sp³-hybridized carbons (Fsp3) is 0.333. The highest BCUT2D eigenvalue weighted by Crippen LogP contribution is 2.38. The van der Waals surface area contributed by atoms with E-state index in [-0.39, 0.29) is 11.4 Å². The number of hydrogen-bond acceptors (Lipinski definition) is 5. The SMILES string of the molecule is CCCOc1ccc(C2C(C(=O)C=Cc3ccccc3)=C(O)C(=O)N2CCCN(C)C)cc1. The Balaban J connectivity index is 1.91. The number of hydrogen-bond donors (Lipinski definition) is 1. The Labute approximate surface area is 195 Å². The average Bonchev–Trinajstić information content (AvgIpc) is 3.07. The van der Waals surface area contributed by atoms with Crippen LogP contribution in [0.5, 0.6) is 5.75 Å². The topological polar surface area (TPSA) is 70.1 Å². The van der Waals surface area contributed by atoms with E-state index in [1.54, 1.807) is 11.0 Å². The summed E-state index contributed by atoms with van der Waals surface area (Å²) < 4.78 is 5.67. The Morgan fingerprint density at radius 3 is 2.45 bits per heavy atom. The molecule has 3 rings (SSSR count). The minimum atomic E-state index is -0.646. The molecule has 1 heterocycles. The Bertz CT molecular complexity index is 1010. The normalized spacial score (nSPS) is 16.3. The van der Waals surface area contributed by atoms with Gasteiger partial charge < -0.3 is 19.6 Å². The second-order valence-corrected chi connectivity index (χ2v) is 8.35. The van der Waals surface area contributed by atoms with Crippen LogP contribution in [0.4, 0.5) is 0 Å². The fourth-order valence-electron chi connectivity index (χ4n) is 3.83. The van der Waals surface area contributed by atoms with Crippen molar-refractivity contribution in [2.24, 2.45) is 0 Å². The van der Waals surface area contributed by atoms with Crippen molar-refractivity contribution in [3.05, 3.63) is 83.1 Å². The van der Waals surface area contributed by atoms with Crippen LogP contribution in [0.15, 0.2) is 72.0 Å². The number of benzene rings is 2. The summed E-state index contributed by atoms with van der Waals surface area (Å²) in [5.74, 6) is -0.634. The number of amides is 1. The molecule has 33 heavy (non-hydrogen) atoms. The Kier molecular flexibility index (Phi) is 8.44. The van der Waals surface area contributed by atoms with Gasteiger partial charge in [0.2, 0.25) is 0 Å². The van der Waals surface area contributed by atoms with Gasteiger partial charge in [0.1, 0.15) is 5.75 Å². The largest absolute Gasteiger partial charge is 0.503 e. The first kappa shape index (κ1) is 24.3. The van der Waals surface area contributed by atoms with Crippen molar-refractivity contribution in [1.82, 2.24) is 9.80 Å². The summed E-state index contributed by atoms with van der Waals surface area (Å²) in [7, 11) is 3.94. The summed E-state index contributed by atoms with van der Waals surface area (Å²) in [6, 6.07) is 16.2. The summed E-state index contributed by atoms with van der Waals surface area (Å²) in [6.45, 7) is 3.88. The van der Waals surface area contributed by atoms with Crippen molar-refractivity contribution in [1.29, 1.82) is 0 Å².